The van der Waals surface area contributed by atoms with Gasteiger partial charge in [-0.15, -0.1) is 0 Å². The Morgan fingerprint density at radius 2 is 0.857 bits per heavy atom. The number of ether oxygens (including phenoxy) is 4. The van der Waals surface area contributed by atoms with E-state index in [1.165, 1.54) is 0 Å². The van der Waals surface area contributed by atoms with E-state index in [1.54, 1.807) is 0 Å². The van der Waals surface area contributed by atoms with Crippen molar-refractivity contribution in [1.82, 2.24) is 0 Å². The Morgan fingerprint density at radius 1 is 0.460 bits per heavy atom. The largest absolute Gasteiger partial charge is 0.493 e. The van der Waals surface area contributed by atoms with Crippen molar-refractivity contribution in [3.63, 3.8) is 0 Å². The van der Waals surface area contributed by atoms with Gasteiger partial charge in [0.15, 0.2) is 0 Å². The van der Waals surface area contributed by atoms with Crippen LogP contribution in [0.2, 0.25) is 0 Å². The Labute approximate surface area is 343 Å². The number of halogens is 20. The molecule has 1 aliphatic rings. The molecule has 0 fully saturated rings. The van der Waals surface area contributed by atoms with E-state index in [-0.39, 0.29) is 88.1 Å². The number of hydrogen-bond donors (Lipinski definition) is 0. The summed E-state index contributed by atoms with van der Waals surface area (Å²) in [7, 11) is 0. The van der Waals surface area contributed by atoms with Crippen molar-refractivity contribution in [3.05, 3.63) is 111 Å². The van der Waals surface area contributed by atoms with Crippen molar-refractivity contribution in [2.45, 2.75) is 94.4 Å². The highest BCUT2D eigenvalue weighted by Gasteiger charge is 2.47. The first-order valence-corrected chi connectivity index (χ1v) is 18.2. The molecule has 3 aromatic carbocycles. The zero-order valence-corrected chi connectivity index (χ0v) is 31.6. The van der Waals surface area contributed by atoms with Crippen LogP contribution >= 0.6 is 0 Å². The van der Waals surface area contributed by atoms with E-state index in [9.17, 15) is 87.8 Å². The SMILES string of the molecule is FC1=CC(OCCCCCC(F)(F)CCCCCOc2cc(F)c(C(F)(F)Oc3cc(F)c(C(F)(F)F)c(F)c3)c(F)c2)CC(F)=C1C(F)(F)Oc1cc(F)c(C(F)(F)F)c(F)c1. The zero-order chi connectivity index (χ0) is 47.3. The van der Waals surface area contributed by atoms with Crippen LogP contribution in [0.15, 0.2) is 59.7 Å². The maximum absolute atomic E-state index is 14.6. The summed E-state index contributed by atoms with van der Waals surface area (Å²) in [5.41, 5.74) is -8.90. The van der Waals surface area contributed by atoms with Crippen LogP contribution in [0, 0.1) is 34.9 Å². The first kappa shape index (κ1) is 50.7. The van der Waals surface area contributed by atoms with Gasteiger partial charge in [-0.3, -0.25) is 0 Å². The van der Waals surface area contributed by atoms with Crippen molar-refractivity contribution in [2.75, 3.05) is 13.2 Å². The third-order valence-corrected chi connectivity index (χ3v) is 8.89. The molecule has 350 valence electrons. The highest BCUT2D eigenvalue weighted by molar-refractivity contribution is 5.40. The smallest absolute Gasteiger partial charge is 0.432 e. The van der Waals surface area contributed by atoms with Crippen LogP contribution in [0.25, 0.3) is 0 Å². The molecular formula is C39H30F20O4. The molecule has 24 heteroatoms. The van der Waals surface area contributed by atoms with E-state index in [0.29, 0.717) is 6.08 Å². The fourth-order valence-corrected chi connectivity index (χ4v) is 6.06. The van der Waals surface area contributed by atoms with Gasteiger partial charge in [-0.25, -0.2) is 43.9 Å². The molecule has 0 aliphatic heterocycles. The van der Waals surface area contributed by atoms with Gasteiger partial charge in [0.1, 0.15) is 86.1 Å². The minimum atomic E-state index is -5.54. The molecule has 0 heterocycles. The van der Waals surface area contributed by atoms with Gasteiger partial charge in [0.2, 0.25) is 5.92 Å². The second-order valence-corrected chi connectivity index (χ2v) is 13.8. The Kier molecular flexibility index (Phi) is 16.0. The van der Waals surface area contributed by atoms with Gasteiger partial charge < -0.3 is 18.9 Å². The van der Waals surface area contributed by atoms with Gasteiger partial charge in [0, 0.05) is 62.3 Å². The van der Waals surface area contributed by atoms with Gasteiger partial charge in [-0.1, -0.05) is 6.42 Å². The van der Waals surface area contributed by atoms with Crippen LogP contribution in [0.3, 0.4) is 0 Å². The Morgan fingerprint density at radius 3 is 1.29 bits per heavy atom. The number of hydrogen-bond acceptors (Lipinski definition) is 4. The fourth-order valence-electron chi connectivity index (χ4n) is 6.06. The summed E-state index contributed by atoms with van der Waals surface area (Å²) >= 11 is 0. The normalized spacial score (nSPS) is 15.5. The summed E-state index contributed by atoms with van der Waals surface area (Å²) < 4.78 is 295. The highest BCUT2D eigenvalue weighted by Crippen LogP contribution is 2.43. The van der Waals surface area contributed by atoms with Crippen molar-refractivity contribution in [3.8, 4) is 17.2 Å². The summed E-state index contributed by atoms with van der Waals surface area (Å²) in [5, 5.41) is 0. The van der Waals surface area contributed by atoms with Gasteiger partial charge >= 0.3 is 24.6 Å². The Bertz CT molecular complexity index is 2080. The summed E-state index contributed by atoms with van der Waals surface area (Å²) in [5.74, 6) is -23.9. The van der Waals surface area contributed by atoms with E-state index < -0.39 is 142 Å². The number of unbranched alkanes of at least 4 members (excludes halogenated alkanes) is 4. The molecule has 0 radical (unpaired) electrons. The van der Waals surface area contributed by atoms with E-state index in [4.69, 9.17) is 9.47 Å². The molecule has 4 nitrogen and oxygen atoms in total. The molecule has 0 saturated carbocycles. The van der Waals surface area contributed by atoms with Gasteiger partial charge in [-0.05, 0) is 38.2 Å². The second-order valence-electron chi connectivity index (χ2n) is 13.8. The summed E-state index contributed by atoms with van der Waals surface area (Å²) in [6.45, 7) is -0.596. The van der Waals surface area contributed by atoms with Crippen molar-refractivity contribution < 1.29 is 107 Å². The number of benzene rings is 3. The number of alkyl halides is 12. The molecule has 0 bridgehead atoms. The maximum Gasteiger partial charge on any atom is 0.432 e. The zero-order valence-electron chi connectivity index (χ0n) is 31.6. The van der Waals surface area contributed by atoms with Crippen LogP contribution in [0.4, 0.5) is 87.8 Å². The van der Waals surface area contributed by atoms with E-state index in [1.807, 2.05) is 0 Å². The summed E-state index contributed by atoms with van der Waals surface area (Å²) in [6.07, 6.45) is -24.0. The average Bonchev–Trinajstić information content (AvgIpc) is 3.08. The molecule has 3 aromatic rings. The molecule has 0 spiro atoms. The van der Waals surface area contributed by atoms with Crippen LogP contribution in [-0.4, -0.2) is 31.3 Å². The minimum Gasteiger partial charge on any atom is -0.493 e. The van der Waals surface area contributed by atoms with Crippen molar-refractivity contribution >= 4 is 0 Å². The molecule has 63 heavy (non-hydrogen) atoms. The third-order valence-electron chi connectivity index (χ3n) is 8.89. The lowest BCUT2D eigenvalue weighted by atomic mass is 10.0. The molecule has 0 N–H and O–H groups in total. The average molecular weight is 943 g/mol. The van der Waals surface area contributed by atoms with Crippen LogP contribution in [0.5, 0.6) is 17.2 Å². The van der Waals surface area contributed by atoms with E-state index in [0.717, 1.165) is 0 Å². The van der Waals surface area contributed by atoms with Gasteiger partial charge in [0.25, 0.3) is 0 Å². The van der Waals surface area contributed by atoms with Gasteiger partial charge in [-0.2, -0.15) is 43.9 Å². The second kappa shape index (κ2) is 19.9. The maximum atomic E-state index is 14.6. The third kappa shape index (κ3) is 13.6. The monoisotopic (exact) mass is 942 g/mol. The highest BCUT2D eigenvalue weighted by atomic mass is 19.4. The lowest BCUT2D eigenvalue weighted by Gasteiger charge is -2.25. The predicted molar refractivity (Wildman–Crippen MR) is 178 cm³/mol. The lowest BCUT2D eigenvalue weighted by Crippen LogP contribution is -2.32. The predicted octanol–water partition coefficient (Wildman–Crippen LogP) is 14.4. The molecule has 0 saturated heterocycles. The topological polar surface area (TPSA) is 36.9 Å². The Balaban J connectivity index is 1.14. The van der Waals surface area contributed by atoms with Crippen LogP contribution in [0.1, 0.15) is 74.5 Å². The molecular weight excluding hydrogens is 912 g/mol. The quantitative estimate of drug-likeness (QED) is 0.0835. The molecule has 4 rings (SSSR count). The van der Waals surface area contributed by atoms with E-state index in [2.05, 4.69) is 9.47 Å². The first-order chi connectivity index (χ1) is 29.0. The molecule has 1 atom stereocenters. The lowest BCUT2D eigenvalue weighted by molar-refractivity contribution is -0.189. The van der Waals surface area contributed by atoms with Crippen molar-refractivity contribution in [1.29, 1.82) is 0 Å². The summed E-state index contributed by atoms with van der Waals surface area (Å²) in [6, 6.07) is -0.457. The number of rotatable bonds is 20. The van der Waals surface area contributed by atoms with Crippen LogP contribution < -0.4 is 14.2 Å². The standard InChI is InChI=1S/C39H30F20O4/c40-23-15-21(16-24(41)31(23)36(50,51)52)62-38(56,57)33-27(44)11-19(12-28(33)45)60-9-5-1-3-7-35(48,49)8-4-2-6-10-61-20-13-29(46)34(30(47)14-20)39(58,59)63-22-17-25(42)32(26(43)18-22)37(53,54)55/h11-13,15-18,20H,1-10,14H2. The molecule has 1 unspecified atom stereocenters. The first-order valence-electron chi connectivity index (χ1n) is 18.2. The Hall–Kier alpha value is -4.90. The molecule has 0 amide bonds. The fraction of sp³-hybridized carbons (Fsp3) is 0.436. The molecule has 0 aromatic heterocycles. The minimum absolute atomic E-state index is 0.0417. The van der Waals surface area contributed by atoms with Gasteiger partial charge in [0.05, 0.1) is 12.7 Å². The van der Waals surface area contributed by atoms with Crippen molar-refractivity contribution in [2.24, 2.45) is 0 Å². The summed E-state index contributed by atoms with van der Waals surface area (Å²) in [4.78, 5) is 0. The molecule has 1 aliphatic carbocycles. The van der Waals surface area contributed by atoms with Crippen LogP contribution in [-0.2, 0) is 23.2 Å². The van der Waals surface area contributed by atoms with E-state index >= 15 is 0 Å².